The van der Waals surface area contributed by atoms with Crippen LogP contribution in [0.1, 0.15) is 79.4 Å². The van der Waals surface area contributed by atoms with Crippen LogP contribution in [0, 0.1) is 17.3 Å². The van der Waals surface area contributed by atoms with Crippen LogP contribution in [0.5, 0.6) is 0 Å². The number of pyridine rings is 1. The molecule has 214 valence electrons. The van der Waals surface area contributed by atoms with Gasteiger partial charge in [0.05, 0.1) is 11.8 Å². The number of fused-ring (bicyclic) bond motifs is 4. The maximum absolute atomic E-state index is 13.5. The molecule has 2 saturated carbocycles. The average Bonchev–Trinajstić information content (AvgIpc) is 3.30. The van der Waals surface area contributed by atoms with Crippen molar-refractivity contribution < 1.29 is 14.7 Å². The van der Waals surface area contributed by atoms with Crippen LogP contribution in [0.3, 0.4) is 0 Å². The lowest BCUT2D eigenvalue weighted by Gasteiger charge is -2.52. The Morgan fingerprint density at radius 2 is 1.80 bits per heavy atom. The third kappa shape index (κ3) is 4.79. The predicted octanol–water partition coefficient (Wildman–Crippen LogP) is 5.30. The monoisotopic (exact) mass is 551 g/mol. The van der Waals surface area contributed by atoms with Gasteiger partial charge in [-0.1, -0.05) is 30.7 Å². The molecule has 41 heavy (non-hydrogen) atoms. The van der Waals surface area contributed by atoms with Crippen molar-refractivity contribution in [2.45, 2.75) is 70.4 Å². The van der Waals surface area contributed by atoms with Gasteiger partial charge in [0.25, 0.3) is 5.91 Å². The van der Waals surface area contributed by atoms with E-state index in [0.29, 0.717) is 18.3 Å². The number of carbonyl (C=O) groups excluding carboxylic acids is 2. The molecule has 5 unspecified atom stereocenters. The van der Waals surface area contributed by atoms with Crippen LogP contribution in [-0.2, 0) is 11.3 Å². The first-order valence-electron chi connectivity index (χ1n) is 15.6. The molecule has 1 aromatic carbocycles. The van der Waals surface area contributed by atoms with Gasteiger partial charge in [0.15, 0.2) is 5.78 Å². The topological polar surface area (TPSA) is 73.7 Å². The van der Waals surface area contributed by atoms with Crippen LogP contribution >= 0.6 is 0 Å². The number of hydrogen-bond donors (Lipinski definition) is 1. The zero-order valence-electron chi connectivity index (χ0n) is 24.1. The number of carbonyl (C=O) groups is 2. The van der Waals surface area contributed by atoms with Gasteiger partial charge in [-0.25, -0.2) is 0 Å². The van der Waals surface area contributed by atoms with E-state index >= 15 is 0 Å². The molecule has 2 aromatic rings. The lowest BCUT2D eigenvalue weighted by Crippen LogP contribution is -2.48. The van der Waals surface area contributed by atoms with Crippen molar-refractivity contribution in [2.24, 2.45) is 17.3 Å². The Balaban J connectivity index is 1.11. The van der Waals surface area contributed by atoms with Crippen molar-refractivity contribution in [3.05, 3.63) is 88.3 Å². The summed E-state index contributed by atoms with van der Waals surface area (Å²) in [6.07, 6.45) is 9.90. The molecule has 0 spiro atoms. The highest BCUT2D eigenvalue weighted by Crippen LogP contribution is 2.63. The molecule has 4 aliphatic carbocycles. The molecule has 1 amide bonds. The van der Waals surface area contributed by atoms with Gasteiger partial charge in [0, 0.05) is 56.8 Å². The second-order valence-corrected chi connectivity index (χ2v) is 13.2. The average molecular weight is 552 g/mol. The summed E-state index contributed by atoms with van der Waals surface area (Å²) in [4.78, 5) is 34.5. The maximum Gasteiger partial charge on any atom is 0.253 e. The molecule has 2 heterocycles. The fraction of sp³-hybridized carbons (Fsp3) is 0.514. The van der Waals surface area contributed by atoms with Gasteiger partial charge in [-0.15, -0.1) is 0 Å². The second-order valence-electron chi connectivity index (χ2n) is 13.2. The van der Waals surface area contributed by atoms with Crippen LogP contribution in [0.25, 0.3) is 0 Å². The summed E-state index contributed by atoms with van der Waals surface area (Å²) in [6, 6.07) is 14.4. The highest BCUT2D eigenvalue weighted by Gasteiger charge is 2.56. The minimum absolute atomic E-state index is 0.0888. The fourth-order valence-electron chi connectivity index (χ4n) is 8.80. The molecule has 0 bridgehead atoms. The molecule has 6 heteroatoms. The predicted molar refractivity (Wildman–Crippen MR) is 158 cm³/mol. The lowest BCUT2D eigenvalue weighted by molar-refractivity contribution is -0.114. The summed E-state index contributed by atoms with van der Waals surface area (Å²) in [5.41, 5.74) is 7.19. The summed E-state index contributed by atoms with van der Waals surface area (Å²) in [5, 5.41) is 11.1. The number of allylic oxidation sites excluding steroid dienone is 4. The van der Waals surface area contributed by atoms with Crippen molar-refractivity contribution in [3.8, 4) is 0 Å². The molecule has 1 aliphatic heterocycles. The molecule has 5 atom stereocenters. The summed E-state index contributed by atoms with van der Waals surface area (Å²) in [5.74, 6) is 1.56. The third-order valence-electron chi connectivity index (χ3n) is 11.0. The molecule has 1 aromatic heterocycles. The maximum atomic E-state index is 13.5. The molecular formula is C35H41N3O3. The number of aromatic nitrogens is 1. The normalized spacial score (nSPS) is 31.8. The minimum atomic E-state index is -0.261. The van der Waals surface area contributed by atoms with Crippen molar-refractivity contribution in [1.29, 1.82) is 0 Å². The van der Waals surface area contributed by atoms with Crippen LogP contribution in [0.15, 0.2) is 71.5 Å². The largest absolute Gasteiger partial charge is 0.393 e. The number of benzene rings is 1. The van der Waals surface area contributed by atoms with Gasteiger partial charge in [-0.2, -0.15) is 0 Å². The van der Waals surface area contributed by atoms with Gasteiger partial charge in [-0.05, 0) is 103 Å². The Labute approximate surface area is 243 Å². The number of nitrogens with zero attached hydrogens (tertiary/aromatic N) is 3. The van der Waals surface area contributed by atoms with Gasteiger partial charge in [0.2, 0.25) is 0 Å². The van der Waals surface area contributed by atoms with Gasteiger partial charge in [0.1, 0.15) is 0 Å². The molecule has 1 N–H and O–H groups in total. The van der Waals surface area contributed by atoms with E-state index in [0.717, 1.165) is 82.5 Å². The molecular weight excluding hydrogens is 510 g/mol. The number of piperazine rings is 1. The second kappa shape index (κ2) is 10.6. The number of ketones is 1. The SMILES string of the molecule is CC12CC(c3ccc(C(=O)N4CCN(Cc5ccccn5)CC4)cc3)C3=C4CCC(=O)C=C4CCC3C1CCC2O. The third-order valence-corrected chi connectivity index (χ3v) is 11.0. The van der Waals surface area contributed by atoms with Crippen LogP contribution < -0.4 is 0 Å². The van der Waals surface area contributed by atoms with E-state index in [1.165, 1.54) is 22.3 Å². The van der Waals surface area contributed by atoms with E-state index in [1.807, 2.05) is 41.4 Å². The van der Waals surface area contributed by atoms with E-state index < -0.39 is 0 Å². The van der Waals surface area contributed by atoms with Crippen LogP contribution in [0.4, 0.5) is 0 Å². The number of amides is 1. The van der Waals surface area contributed by atoms with Gasteiger partial charge >= 0.3 is 0 Å². The number of rotatable bonds is 4. The molecule has 7 rings (SSSR count). The smallest absolute Gasteiger partial charge is 0.253 e. The molecule has 0 radical (unpaired) electrons. The Bertz CT molecular complexity index is 1390. The highest BCUT2D eigenvalue weighted by molar-refractivity contribution is 5.94. The van der Waals surface area contributed by atoms with Crippen LogP contribution in [0.2, 0.25) is 0 Å². The molecule has 3 fully saturated rings. The Morgan fingerprint density at radius 3 is 2.56 bits per heavy atom. The van der Waals surface area contributed by atoms with E-state index in [2.05, 4.69) is 35.0 Å². The van der Waals surface area contributed by atoms with Crippen molar-refractivity contribution in [2.75, 3.05) is 26.2 Å². The van der Waals surface area contributed by atoms with Crippen LogP contribution in [-0.4, -0.2) is 63.9 Å². The molecule has 1 saturated heterocycles. The van der Waals surface area contributed by atoms with E-state index in [-0.39, 0.29) is 29.1 Å². The summed E-state index contributed by atoms with van der Waals surface area (Å²) >= 11 is 0. The van der Waals surface area contributed by atoms with E-state index in [9.17, 15) is 14.7 Å². The minimum Gasteiger partial charge on any atom is -0.393 e. The first-order chi connectivity index (χ1) is 19.9. The van der Waals surface area contributed by atoms with E-state index in [4.69, 9.17) is 0 Å². The summed E-state index contributed by atoms with van der Waals surface area (Å²) < 4.78 is 0. The Hall–Kier alpha value is -3.09. The van der Waals surface area contributed by atoms with E-state index in [1.54, 1.807) is 0 Å². The molecule has 5 aliphatic rings. The quantitative estimate of drug-likeness (QED) is 0.558. The Kier molecular flexibility index (Phi) is 6.95. The summed E-state index contributed by atoms with van der Waals surface area (Å²) in [7, 11) is 0. The number of hydrogen-bond acceptors (Lipinski definition) is 5. The van der Waals surface area contributed by atoms with Gasteiger partial charge < -0.3 is 10.0 Å². The zero-order valence-corrected chi connectivity index (χ0v) is 24.1. The highest BCUT2D eigenvalue weighted by atomic mass is 16.3. The molecule has 6 nitrogen and oxygen atoms in total. The van der Waals surface area contributed by atoms with Crippen molar-refractivity contribution >= 4 is 11.7 Å². The fourth-order valence-corrected chi connectivity index (χ4v) is 8.80. The first-order valence-corrected chi connectivity index (χ1v) is 15.6. The number of aliphatic hydroxyl groups excluding tert-OH is 1. The standard InChI is InChI=1S/C35H41N3O3/c1-35-21-30(33-28-12-10-27(39)20-25(28)9-11-29(33)31(35)13-14-32(35)40)23-5-7-24(8-6-23)34(41)38-18-16-37(17-19-38)22-26-4-2-3-15-36-26/h2-8,15,20,29-32,40H,9-14,16-19,21-22H2,1H3. The van der Waals surface area contributed by atoms with Gasteiger partial charge in [-0.3, -0.25) is 19.5 Å². The zero-order chi connectivity index (χ0) is 28.1. The first kappa shape index (κ1) is 26.8. The lowest BCUT2D eigenvalue weighted by atomic mass is 9.53. The number of aliphatic hydroxyl groups is 1. The van der Waals surface area contributed by atoms with Crippen molar-refractivity contribution in [1.82, 2.24) is 14.8 Å². The van der Waals surface area contributed by atoms with Crippen molar-refractivity contribution in [3.63, 3.8) is 0 Å². The Morgan fingerprint density at radius 1 is 1.00 bits per heavy atom. The summed E-state index contributed by atoms with van der Waals surface area (Å²) in [6.45, 7) is 6.27.